The molecule has 3 N–H and O–H groups in total. The third kappa shape index (κ3) is 3.41. The largest absolute Gasteiger partial charge is 0.348 e. The fourth-order valence-electron chi connectivity index (χ4n) is 3.04. The second-order valence-electron chi connectivity index (χ2n) is 6.07. The first-order valence-electron chi connectivity index (χ1n) is 7.26. The first-order chi connectivity index (χ1) is 9.42. The molecule has 3 atom stereocenters. The average Bonchev–Trinajstić information content (AvgIpc) is 2.38. The molecule has 1 aliphatic rings. The maximum Gasteiger partial charge on any atom is 0.240 e. The quantitative estimate of drug-likeness (QED) is 0.885. The highest BCUT2D eigenvalue weighted by molar-refractivity contribution is 9.10. The molecule has 0 radical (unpaired) electrons. The van der Waals surface area contributed by atoms with Crippen molar-refractivity contribution in [3.05, 3.63) is 34.3 Å². The zero-order valence-electron chi connectivity index (χ0n) is 12.2. The number of halogens is 1. The first kappa shape index (κ1) is 15.5. The van der Waals surface area contributed by atoms with E-state index in [2.05, 4.69) is 28.2 Å². The smallest absolute Gasteiger partial charge is 0.240 e. The summed E-state index contributed by atoms with van der Waals surface area (Å²) in [7, 11) is 0. The van der Waals surface area contributed by atoms with Gasteiger partial charge in [-0.3, -0.25) is 4.79 Å². The van der Waals surface area contributed by atoms with Gasteiger partial charge in [0.1, 0.15) is 0 Å². The number of rotatable bonds is 3. The SMILES string of the molecule is CC1CCCC(N)(C(=O)N[C@@H](C)c2ccccc2Br)C1. The molecule has 1 amide bonds. The molecule has 0 heterocycles. The standard InChI is InChI=1S/C16H23BrN2O/c1-11-6-5-9-16(18,10-11)15(20)19-12(2)13-7-3-4-8-14(13)17/h3-4,7-8,11-12H,5-6,9-10,18H2,1-2H3,(H,19,20)/t11?,12-,16?/m0/s1. The number of nitrogens with one attached hydrogen (secondary N) is 1. The van der Waals surface area contributed by atoms with E-state index in [0.29, 0.717) is 5.92 Å². The van der Waals surface area contributed by atoms with Gasteiger partial charge >= 0.3 is 0 Å². The summed E-state index contributed by atoms with van der Waals surface area (Å²) in [5, 5.41) is 3.07. The highest BCUT2D eigenvalue weighted by atomic mass is 79.9. The maximum absolute atomic E-state index is 12.5. The summed E-state index contributed by atoms with van der Waals surface area (Å²) in [5.41, 5.74) is 6.71. The molecule has 0 saturated heterocycles. The molecule has 20 heavy (non-hydrogen) atoms. The van der Waals surface area contributed by atoms with Crippen molar-refractivity contribution in [3.63, 3.8) is 0 Å². The zero-order chi connectivity index (χ0) is 14.8. The summed E-state index contributed by atoms with van der Waals surface area (Å²) < 4.78 is 1.01. The monoisotopic (exact) mass is 338 g/mol. The van der Waals surface area contributed by atoms with Gasteiger partial charge in [-0.15, -0.1) is 0 Å². The molecule has 2 unspecified atom stereocenters. The van der Waals surface area contributed by atoms with Crippen LogP contribution in [0.4, 0.5) is 0 Å². The summed E-state index contributed by atoms with van der Waals surface area (Å²) in [4.78, 5) is 12.5. The van der Waals surface area contributed by atoms with Gasteiger partial charge < -0.3 is 11.1 Å². The lowest BCUT2D eigenvalue weighted by molar-refractivity contribution is -0.128. The van der Waals surface area contributed by atoms with E-state index in [-0.39, 0.29) is 11.9 Å². The van der Waals surface area contributed by atoms with Crippen molar-refractivity contribution >= 4 is 21.8 Å². The van der Waals surface area contributed by atoms with E-state index in [1.807, 2.05) is 31.2 Å². The summed E-state index contributed by atoms with van der Waals surface area (Å²) in [6.45, 7) is 4.17. The Morgan fingerprint density at radius 3 is 2.85 bits per heavy atom. The molecule has 4 heteroatoms. The Morgan fingerprint density at radius 1 is 1.50 bits per heavy atom. The van der Waals surface area contributed by atoms with Gasteiger partial charge in [-0.05, 0) is 37.3 Å². The van der Waals surface area contributed by atoms with E-state index in [9.17, 15) is 4.79 Å². The minimum atomic E-state index is -0.701. The molecule has 0 aromatic heterocycles. The topological polar surface area (TPSA) is 55.1 Å². The lowest BCUT2D eigenvalue weighted by Gasteiger charge is -2.36. The van der Waals surface area contributed by atoms with E-state index in [4.69, 9.17) is 5.73 Å². The van der Waals surface area contributed by atoms with Gasteiger partial charge in [0.05, 0.1) is 11.6 Å². The van der Waals surface area contributed by atoms with Gasteiger partial charge in [0.2, 0.25) is 5.91 Å². The third-order valence-corrected chi connectivity index (χ3v) is 4.93. The van der Waals surface area contributed by atoms with E-state index in [0.717, 1.165) is 29.3 Å². The van der Waals surface area contributed by atoms with E-state index in [1.165, 1.54) is 6.42 Å². The molecule has 2 rings (SSSR count). The van der Waals surface area contributed by atoms with Gasteiger partial charge in [0, 0.05) is 4.47 Å². The van der Waals surface area contributed by atoms with Crippen molar-refractivity contribution in [1.82, 2.24) is 5.32 Å². The highest BCUT2D eigenvalue weighted by Crippen LogP contribution is 2.31. The van der Waals surface area contributed by atoms with Crippen LogP contribution in [0, 0.1) is 5.92 Å². The number of hydrogen-bond donors (Lipinski definition) is 2. The molecule has 1 saturated carbocycles. The molecule has 0 aliphatic heterocycles. The van der Waals surface area contributed by atoms with Crippen LogP contribution in [0.2, 0.25) is 0 Å². The van der Waals surface area contributed by atoms with Crippen molar-refractivity contribution in [2.24, 2.45) is 11.7 Å². The molecular weight excluding hydrogens is 316 g/mol. The van der Waals surface area contributed by atoms with Crippen molar-refractivity contribution in [1.29, 1.82) is 0 Å². The average molecular weight is 339 g/mol. The lowest BCUT2D eigenvalue weighted by Crippen LogP contribution is -2.56. The van der Waals surface area contributed by atoms with Crippen molar-refractivity contribution < 1.29 is 4.79 Å². The number of hydrogen-bond acceptors (Lipinski definition) is 2. The molecule has 110 valence electrons. The Morgan fingerprint density at radius 2 is 2.20 bits per heavy atom. The summed E-state index contributed by atoms with van der Waals surface area (Å²) in [5.74, 6) is 0.505. The van der Waals surface area contributed by atoms with Gasteiger partial charge in [-0.2, -0.15) is 0 Å². The van der Waals surface area contributed by atoms with Crippen LogP contribution < -0.4 is 11.1 Å². The Balaban J connectivity index is 2.06. The van der Waals surface area contributed by atoms with Crippen LogP contribution in [0.3, 0.4) is 0 Å². The second kappa shape index (κ2) is 6.27. The van der Waals surface area contributed by atoms with E-state index in [1.54, 1.807) is 0 Å². The predicted octanol–water partition coefficient (Wildman–Crippen LogP) is 3.53. The Hall–Kier alpha value is -0.870. The number of nitrogens with two attached hydrogens (primary N) is 1. The van der Waals surface area contributed by atoms with E-state index < -0.39 is 5.54 Å². The van der Waals surface area contributed by atoms with Gasteiger partial charge in [0.25, 0.3) is 0 Å². The highest BCUT2D eigenvalue weighted by Gasteiger charge is 2.38. The van der Waals surface area contributed by atoms with Crippen LogP contribution in [0.1, 0.15) is 51.1 Å². The van der Waals surface area contributed by atoms with Crippen LogP contribution in [0.5, 0.6) is 0 Å². The Kier molecular flexibility index (Phi) is 4.86. The second-order valence-corrected chi connectivity index (χ2v) is 6.93. The summed E-state index contributed by atoms with van der Waals surface area (Å²) in [6, 6.07) is 7.90. The van der Waals surface area contributed by atoms with Crippen LogP contribution in [0.25, 0.3) is 0 Å². The van der Waals surface area contributed by atoms with Gasteiger partial charge in [0.15, 0.2) is 0 Å². The van der Waals surface area contributed by atoms with Crippen LogP contribution in [-0.4, -0.2) is 11.4 Å². The number of carbonyl (C=O) groups excluding carboxylic acids is 1. The minimum Gasteiger partial charge on any atom is -0.348 e. The predicted molar refractivity (Wildman–Crippen MR) is 85.3 cm³/mol. The van der Waals surface area contributed by atoms with Crippen molar-refractivity contribution in [2.45, 2.75) is 51.1 Å². The Bertz CT molecular complexity index is 491. The van der Waals surface area contributed by atoms with E-state index >= 15 is 0 Å². The van der Waals surface area contributed by atoms with Crippen LogP contribution >= 0.6 is 15.9 Å². The summed E-state index contributed by atoms with van der Waals surface area (Å²) in [6.07, 6.45) is 3.77. The molecule has 3 nitrogen and oxygen atoms in total. The van der Waals surface area contributed by atoms with Crippen LogP contribution in [0.15, 0.2) is 28.7 Å². The molecule has 0 bridgehead atoms. The minimum absolute atomic E-state index is 0.0210. The molecule has 0 spiro atoms. The normalized spacial score (nSPS) is 27.9. The first-order valence-corrected chi connectivity index (χ1v) is 8.06. The fraction of sp³-hybridized carbons (Fsp3) is 0.562. The summed E-state index contributed by atoms with van der Waals surface area (Å²) >= 11 is 3.52. The molecule has 1 aromatic rings. The molecular formula is C16H23BrN2O. The molecule has 1 fully saturated rings. The van der Waals surface area contributed by atoms with Crippen molar-refractivity contribution in [2.75, 3.05) is 0 Å². The molecule has 1 aliphatic carbocycles. The number of amides is 1. The Labute approximate surface area is 129 Å². The van der Waals surface area contributed by atoms with Gasteiger partial charge in [-0.25, -0.2) is 0 Å². The molecule has 1 aromatic carbocycles. The van der Waals surface area contributed by atoms with Crippen LogP contribution in [-0.2, 0) is 4.79 Å². The lowest BCUT2D eigenvalue weighted by atomic mass is 9.76. The van der Waals surface area contributed by atoms with Gasteiger partial charge in [-0.1, -0.05) is 53.9 Å². The maximum atomic E-state index is 12.5. The zero-order valence-corrected chi connectivity index (χ0v) is 13.7. The number of benzene rings is 1. The number of carbonyl (C=O) groups is 1. The van der Waals surface area contributed by atoms with Crippen molar-refractivity contribution in [3.8, 4) is 0 Å². The third-order valence-electron chi connectivity index (χ3n) is 4.20. The fourth-order valence-corrected chi connectivity index (χ4v) is 3.67.